The molecule has 4 aromatic rings. The smallest absolute Gasteiger partial charge is 0.419 e. The lowest BCUT2D eigenvalue weighted by molar-refractivity contribution is -0.139. The molecule has 2 aromatic carbocycles. The Morgan fingerprint density at radius 2 is 1.76 bits per heavy atom. The van der Waals surface area contributed by atoms with Crippen molar-refractivity contribution in [1.29, 1.82) is 0 Å². The molecule has 0 atom stereocenters. The van der Waals surface area contributed by atoms with Crippen LogP contribution in [0.2, 0.25) is 0 Å². The molecular formula is C24H21F4N5O. The van der Waals surface area contributed by atoms with Gasteiger partial charge in [-0.3, -0.25) is 4.57 Å². The molecule has 0 unspecified atom stereocenters. The van der Waals surface area contributed by atoms with Gasteiger partial charge < -0.3 is 10.4 Å². The topological polar surface area (TPSA) is 75.9 Å². The monoisotopic (exact) mass is 471 g/mol. The first kappa shape index (κ1) is 22.1. The van der Waals surface area contributed by atoms with Crippen LogP contribution in [0.1, 0.15) is 37.7 Å². The summed E-state index contributed by atoms with van der Waals surface area (Å²) in [6, 6.07) is 9.09. The number of imidazole rings is 1. The van der Waals surface area contributed by atoms with Crippen LogP contribution in [0, 0.1) is 5.82 Å². The van der Waals surface area contributed by atoms with Gasteiger partial charge in [-0.1, -0.05) is 19.3 Å². The largest absolute Gasteiger partial charge is 0.508 e. The van der Waals surface area contributed by atoms with Crippen LogP contribution >= 0.6 is 0 Å². The number of halogens is 4. The molecule has 34 heavy (non-hydrogen) atoms. The second-order valence-corrected chi connectivity index (χ2v) is 8.35. The molecule has 2 heterocycles. The molecule has 10 heteroatoms. The minimum absolute atomic E-state index is 0.0406. The summed E-state index contributed by atoms with van der Waals surface area (Å²) >= 11 is 0. The highest BCUT2D eigenvalue weighted by molar-refractivity contribution is 5.84. The number of anilines is 1. The van der Waals surface area contributed by atoms with Gasteiger partial charge in [-0.05, 0) is 49.2 Å². The van der Waals surface area contributed by atoms with Crippen molar-refractivity contribution < 1.29 is 22.7 Å². The van der Waals surface area contributed by atoms with E-state index in [0.717, 1.165) is 37.8 Å². The number of phenolic OH excluding ortho intramolecular Hbond substituents is 1. The molecule has 176 valence electrons. The Balaban J connectivity index is 1.65. The van der Waals surface area contributed by atoms with Gasteiger partial charge in [-0.15, -0.1) is 0 Å². The van der Waals surface area contributed by atoms with Crippen LogP contribution in [0.4, 0.5) is 23.5 Å². The van der Waals surface area contributed by atoms with Gasteiger partial charge in [0.2, 0.25) is 5.95 Å². The first-order valence-electron chi connectivity index (χ1n) is 11.0. The van der Waals surface area contributed by atoms with Crippen LogP contribution < -0.4 is 5.32 Å². The van der Waals surface area contributed by atoms with E-state index >= 15 is 0 Å². The first-order valence-corrected chi connectivity index (χ1v) is 11.0. The molecule has 0 amide bonds. The predicted molar refractivity (Wildman–Crippen MR) is 119 cm³/mol. The highest BCUT2D eigenvalue weighted by atomic mass is 19.4. The number of nitrogens with one attached hydrogen (secondary N) is 1. The quantitative estimate of drug-likeness (QED) is 0.352. The van der Waals surface area contributed by atoms with Crippen molar-refractivity contribution in [2.24, 2.45) is 0 Å². The molecule has 5 rings (SSSR count). The molecule has 0 spiro atoms. The van der Waals surface area contributed by atoms with Crippen LogP contribution in [-0.2, 0) is 6.18 Å². The van der Waals surface area contributed by atoms with E-state index in [1.807, 2.05) is 0 Å². The van der Waals surface area contributed by atoms with Crippen molar-refractivity contribution in [3.8, 4) is 23.0 Å². The normalized spacial score (nSPS) is 15.1. The molecular weight excluding hydrogens is 450 g/mol. The maximum atomic E-state index is 13.9. The zero-order valence-corrected chi connectivity index (χ0v) is 18.0. The van der Waals surface area contributed by atoms with E-state index in [9.17, 15) is 22.7 Å². The Morgan fingerprint density at radius 1 is 0.971 bits per heavy atom. The van der Waals surface area contributed by atoms with Crippen molar-refractivity contribution >= 4 is 17.0 Å². The van der Waals surface area contributed by atoms with E-state index in [0.29, 0.717) is 22.8 Å². The number of hydrogen-bond donors (Lipinski definition) is 2. The lowest BCUT2D eigenvalue weighted by Crippen LogP contribution is -2.23. The summed E-state index contributed by atoms with van der Waals surface area (Å²) in [4.78, 5) is 13.4. The maximum absolute atomic E-state index is 13.9. The summed E-state index contributed by atoms with van der Waals surface area (Å²) in [5.74, 6) is -0.479. The third-order valence-electron chi connectivity index (χ3n) is 5.98. The minimum Gasteiger partial charge on any atom is -0.508 e. The van der Waals surface area contributed by atoms with Crippen LogP contribution in [0.5, 0.6) is 5.75 Å². The Hall–Kier alpha value is -3.69. The fraction of sp³-hybridized carbons (Fsp3) is 0.292. The number of alkyl halides is 3. The van der Waals surface area contributed by atoms with Gasteiger partial charge in [0.25, 0.3) is 0 Å². The number of hydrogen-bond acceptors (Lipinski definition) is 5. The highest BCUT2D eigenvalue weighted by Gasteiger charge is 2.34. The Kier molecular flexibility index (Phi) is 5.59. The molecule has 2 N–H and O–H groups in total. The maximum Gasteiger partial charge on any atom is 0.419 e. The molecule has 2 aromatic heterocycles. The van der Waals surface area contributed by atoms with Gasteiger partial charge in [0.15, 0.2) is 0 Å². The summed E-state index contributed by atoms with van der Waals surface area (Å²) in [5.41, 5.74) is -0.445. The molecule has 0 aliphatic heterocycles. The van der Waals surface area contributed by atoms with E-state index in [4.69, 9.17) is 0 Å². The van der Waals surface area contributed by atoms with E-state index in [2.05, 4.69) is 20.3 Å². The summed E-state index contributed by atoms with van der Waals surface area (Å²) in [5, 5.41) is 13.2. The van der Waals surface area contributed by atoms with Crippen molar-refractivity contribution in [3.63, 3.8) is 0 Å². The lowest BCUT2D eigenvalue weighted by atomic mass is 9.96. The van der Waals surface area contributed by atoms with Crippen molar-refractivity contribution in [2.75, 3.05) is 5.32 Å². The third-order valence-corrected chi connectivity index (χ3v) is 5.98. The van der Waals surface area contributed by atoms with E-state index < -0.39 is 17.6 Å². The molecule has 1 aliphatic rings. The zero-order valence-electron chi connectivity index (χ0n) is 18.0. The zero-order chi connectivity index (χ0) is 23.9. The Labute approximate surface area is 192 Å². The minimum atomic E-state index is -4.86. The number of benzene rings is 2. The number of fused-ring (bicyclic) bond motifs is 1. The van der Waals surface area contributed by atoms with E-state index in [1.165, 1.54) is 24.6 Å². The first-order chi connectivity index (χ1) is 16.3. The average molecular weight is 471 g/mol. The third kappa shape index (κ3) is 4.27. The summed E-state index contributed by atoms with van der Waals surface area (Å²) < 4.78 is 55.6. The van der Waals surface area contributed by atoms with Crippen LogP contribution in [0.15, 0.2) is 48.7 Å². The van der Waals surface area contributed by atoms with E-state index in [1.54, 1.807) is 22.9 Å². The van der Waals surface area contributed by atoms with Gasteiger partial charge in [0, 0.05) is 23.9 Å². The van der Waals surface area contributed by atoms with Crippen molar-refractivity contribution in [3.05, 3.63) is 60.0 Å². The molecule has 1 saturated carbocycles. The fourth-order valence-electron chi connectivity index (χ4n) is 4.35. The molecule has 1 fully saturated rings. The van der Waals surface area contributed by atoms with Crippen LogP contribution in [-0.4, -0.2) is 30.7 Å². The summed E-state index contributed by atoms with van der Waals surface area (Å²) in [6.45, 7) is 0. The van der Waals surface area contributed by atoms with Crippen LogP contribution in [0.25, 0.3) is 28.2 Å². The second-order valence-electron chi connectivity index (χ2n) is 8.35. The van der Waals surface area contributed by atoms with Gasteiger partial charge in [0.1, 0.15) is 23.2 Å². The van der Waals surface area contributed by atoms with Crippen molar-refractivity contribution in [1.82, 2.24) is 19.5 Å². The Morgan fingerprint density at radius 3 is 2.53 bits per heavy atom. The molecule has 1 aliphatic carbocycles. The highest BCUT2D eigenvalue weighted by Crippen LogP contribution is 2.36. The second kappa shape index (κ2) is 8.58. The SMILES string of the molecule is Oc1ccc2c(c1)nc(-c1ccc(F)c(C(F)(F)F)c1)n2-c1ccnc(NC2CCCCC2)n1. The Bertz CT molecular complexity index is 1350. The molecule has 0 bridgehead atoms. The average Bonchev–Trinajstić information content (AvgIpc) is 3.18. The van der Waals surface area contributed by atoms with Crippen LogP contribution in [0.3, 0.4) is 0 Å². The number of nitrogens with zero attached hydrogens (tertiary/aromatic N) is 4. The number of phenols is 1. The predicted octanol–water partition coefficient (Wildman–Crippen LogP) is 6.09. The van der Waals surface area contributed by atoms with E-state index in [-0.39, 0.29) is 23.2 Å². The summed E-state index contributed by atoms with van der Waals surface area (Å²) in [6.07, 6.45) is 2.20. The van der Waals surface area contributed by atoms with Gasteiger partial charge in [-0.2, -0.15) is 18.2 Å². The lowest BCUT2D eigenvalue weighted by Gasteiger charge is -2.22. The number of rotatable bonds is 4. The fourth-order valence-corrected chi connectivity index (χ4v) is 4.35. The molecule has 0 radical (unpaired) electrons. The van der Waals surface area contributed by atoms with Gasteiger partial charge in [0.05, 0.1) is 16.6 Å². The molecule has 6 nitrogen and oxygen atoms in total. The summed E-state index contributed by atoms with van der Waals surface area (Å²) in [7, 11) is 0. The van der Waals surface area contributed by atoms with Gasteiger partial charge in [-0.25, -0.2) is 14.4 Å². The number of aromatic hydroxyl groups is 1. The van der Waals surface area contributed by atoms with Gasteiger partial charge >= 0.3 is 6.18 Å². The molecule has 0 saturated heterocycles. The van der Waals surface area contributed by atoms with Crippen molar-refractivity contribution in [2.45, 2.75) is 44.3 Å². The number of aromatic nitrogens is 4. The standard InChI is InChI=1S/C24H21F4N5O/c25-18-8-6-14(12-17(18)24(26,27)28)22-31-19-13-16(34)7-9-20(19)33(22)21-10-11-29-23(32-21)30-15-4-2-1-3-5-15/h6-13,15,34H,1-5H2,(H,29,30,32).